The molecule has 1 saturated carbocycles. The smallest absolute Gasteiger partial charge is 0.321 e. The number of imide groups is 1. The van der Waals surface area contributed by atoms with Crippen LogP contribution in [0.3, 0.4) is 0 Å². The molecule has 0 bridgehead atoms. The van der Waals surface area contributed by atoms with Gasteiger partial charge in [0.2, 0.25) is 11.8 Å². The molecule has 0 spiro atoms. The number of amides is 4. The van der Waals surface area contributed by atoms with Crippen LogP contribution in [0, 0.1) is 5.92 Å². The van der Waals surface area contributed by atoms with Gasteiger partial charge in [-0.05, 0) is 53.0 Å². The van der Waals surface area contributed by atoms with E-state index in [0.29, 0.717) is 12.6 Å². The Kier molecular flexibility index (Phi) is 7.43. The van der Waals surface area contributed by atoms with E-state index in [2.05, 4.69) is 16.0 Å². The van der Waals surface area contributed by atoms with Crippen molar-refractivity contribution in [3.63, 3.8) is 0 Å². The SMILES string of the molecule is CC(C)(C)NC(=O)NC(=O)CN1CCCC(C(=O)NC2CCCCC2)C1. The molecule has 0 aromatic heterocycles. The maximum Gasteiger partial charge on any atom is 0.321 e. The number of likely N-dealkylation sites (tertiary alicyclic amines) is 1. The predicted octanol–water partition coefficient (Wildman–Crippen LogP) is 1.77. The maximum absolute atomic E-state index is 12.5. The van der Waals surface area contributed by atoms with E-state index in [1.165, 1.54) is 19.3 Å². The minimum atomic E-state index is -0.480. The molecule has 26 heavy (non-hydrogen) atoms. The summed E-state index contributed by atoms with van der Waals surface area (Å²) in [5.41, 5.74) is -0.391. The van der Waals surface area contributed by atoms with Gasteiger partial charge in [-0.15, -0.1) is 0 Å². The molecule has 148 valence electrons. The van der Waals surface area contributed by atoms with Gasteiger partial charge in [0.25, 0.3) is 0 Å². The van der Waals surface area contributed by atoms with E-state index in [1.807, 2.05) is 25.7 Å². The van der Waals surface area contributed by atoms with Crippen molar-refractivity contribution in [2.24, 2.45) is 5.92 Å². The third-order valence-corrected chi connectivity index (χ3v) is 4.94. The maximum atomic E-state index is 12.5. The molecule has 2 rings (SSSR count). The Labute approximate surface area is 156 Å². The lowest BCUT2D eigenvalue weighted by atomic mass is 9.93. The van der Waals surface area contributed by atoms with Crippen molar-refractivity contribution in [3.8, 4) is 0 Å². The van der Waals surface area contributed by atoms with Crippen molar-refractivity contribution in [2.45, 2.75) is 77.3 Å². The van der Waals surface area contributed by atoms with E-state index < -0.39 is 11.6 Å². The van der Waals surface area contributed by atoms with Crippen LogP contribution in [-0.4, -0.2) is 54.0 Å². The lowest BCUT2D eigenvalue weighted by Gasteiger charge is -2.33. The van der Waals surface area contributed by atoms with Crippen LogP contribution < -0.4 is 16.0 Å². The highest BCUT2D eigenvalue weighted by Crippen LogP contribution is 2.20. The fourth-order valence-electron chi connectivity index (χ4n) is 3.72. The van der Waals surface area contributed by atoms with Gasteiger partial charge in [0.1, 0.15) is 0 Å². The molecule has 3 N–H and O–H groups in total. The number of hydrogen-bond acceptors (Lipinski definition) is 4. The second kappa shape index (κ2) is 9.35. The standard InChI is InChI=1S/C19H34N4O3/c1-19(2,3)22-18(26)21-16(24)13-23-11-7-8-14(12-23)17(25)20-15-9-5-4-6-10-15/h14-15H,4-13H2,1-3H3,(H,20,25)(H2,21,22,24,26). The highest BCUT2D eigenvalue weighted by molar-refractivity contribution is 5.95. The van der Waals surface area contributed by atoms with Gasteiger partial charge in [-0.3, -0.25) is 19.8 Å². The fourth-order valence-corrected chi connectivity index (χ4v) is 3.72. The number of rotatable bonds is 4. The topological polar surface area (TPSA) is 90.5 Å². The average Bonchev–Trinajstić information content (AvgIpc) is 2.54. The van der Waals surface area contributed by atoms with E-state index in [0.717, 1.165) is 32.2 Å². The Morgan fingerprint density at radius 3 is 2.35 bits per heavy atom. The number of piperidine rings is 1. The van der Waals surface area contributed by atoms with Crippen LogP contribution in [0.25, 0.3) is 0 Å². The van der Waals surface area contributed by atoms with Crippen molar-refractivity contribution in [3.05, 3.63) is 0 Å². The summed E-state index contributed by atoms with van der Waals surface area (Å²) in [5, 5.41) is 8.26. The van der Waals surface area contributed by atoms with Crippen molar-refractivity contribution in [2.75, 3.05) is 19.6 Å². The number of carbonyl (C=O) groups is 3. The summed E-state index contributed by atoms with van der Waals surface area (Å²) in [6.07, 6.45) is 7.56. The molecule has 1 saturated heterocycles. The molecule has 0 aromatic carbocycles. The van der Waals surface area contributed by atoms with Crippen LogP contribution in [0.5, 0.6) is 0 Å². The van der Waals surface area contributed by atoms with Gasteiger partial charge in [-0.2, -0.15) is 0 Å². The van der Waals surface area contributed by atoms with Crippen LogP contribution in [0.15, 0.2) is 0 Å². The van der Waals surface area contributed by atoms with Crippen molar-refractivity contribution in [1.29, 1.82) is 0 Å². The first kappa shape index (κ1) is 20.7. The zero-order valence-corrected chi connectivity index (χ0v) is 16.4. The van der Waals surface area contributed by atoms with Crippen molar-refractivity contribution in [1.82, 2.24) is 20.9 Å². The average molecular weight is 367 g/mol. The summed E-state index contributed by atoms with van der Waals surface area (Å²) in [5.74, 6) is -0.283. The monoisotopic (exact) mass is 366 g/mol. The molecule has 4 amide bonds. The molecule has 7 nitrogen and oxygen atoms in total. The molecular formula is C19H34N4O3. The van der Waals surface area contributed by atoms with Gasteiger partial charge >= 0.3 is 6.03 Å². The van der Waals surface area contributed by atoms with Gasteiger partial charge in [-0.25, -0.2) is 4.79 Å². The minimum absolute atomic E-state index is 0.0677. The lowest BCUT2D eigenvalue weighted by molar-refractivity contribution is -0.129. The summed E-state index contributed by atoms with van der Waals surface area (Å²) in [4.78, 5) is 38.4. The Morgan fingerprint density at radius 2 is 1.69 bits per heavy atom. The second-order valence-corrected chi connectivity index (χ2v) is 8.67. The molecule has 1 aliphatic heterocycles. The summed E-state index contributed by atoms with van der Waals surface area (Å²) >= 11 is 0. The van der Waals surface area contributed by atoms with Crippen molar-refractivity contribution < 1.29 is 14.4 Å². The number of nitrogens with zero attached hydrogens (tertiary/aromatic N) is 1. The molecule has 1 unspecified atom stereocenters. The Morgan fingerprint density at radius 1 is 1.00 bits per heavy atom. The van der Waals surface area contributed by atoms with Gasteiger partial charge < -0.3 is 10.6 Å². The number of nitrogens with one attached hydrogen (secondary N) is 3. The van der Waals surface area contributed by atoms with Crippen LogP contribution >= 0.6 is 0 Å². The molecular weight excluding hydrogens is 332 g/mol. The molecule has 1 atom stereocenters. The molecule has 0 radical (unpaired) electrons. The van der Waals surface area contributed by atoms with E-state index in [9.17, 15) is 14.4 Å². The van der Waals surface area contributed by atoms with Gasteiger partial charge in [0.05, 0.1) is 12.5 Å². The molecule has 0 aromatic rings. The fraction of sp³-hybridized carbons (Fsp3) is 0.842. The first-order chi connectivity index (χ1) is 12.2. The predicted molar refractivity (Wildman–Crippen MR) is 101 cm³/mol. The minimum Gasteiger partial charge on any atom is -0.353 e. The third kappa shape index (κ3) is 7.32. The molecule has 1 aliphatic carbocycles. The largest absolute Gasteiger partial charge is 0.353 e. The molecule has 2 aliphatic rings. The highest BCUT2D eigenvalue weighted by atomic mass is 16.2. The Hall–Kier alpha value is -1.63. The summed E-state index contributed by atoms with van der Waals surface area (Å²) in [6, 6.07) is -0.165. The third-order valence-electron chi connectivity index (χ3n) is 4.94. The summed E-state index contributed by atoms with van der Waals surface area (Å²) < 4.78 is 0. The quantitative estimate of drug-likeness (QED) is 0.707. The van der Waals surface area contributed by atoms with Gasteiger partial charge in [0, 0.05) is 18.1 Å². The summed E-state index contributed by atoms with van der Waals surface area (Å²) in [6.45, 7) is 7.07. The summed E-state index contributed by atoms with van der Waals surface area (Å²) in [7, 11) is 0. The van der Waals surface area contributed by atoms with E-state index >= 15 is 0 Å². The number of hydrogen-bond donors (Lipinski definition) is 3. The molecule has 2 fully saturated rings. The lowest BCUT2D eigenvalue weighted by Crippen LogP contribution is -2.52. The van der Waals surface area contributed by atoms with E-state index in [-0.39, 0.29) is 24.3 Å². The highest BCUT2D eigenvalue weighted by Gasteiger charge is 2.28. The Bertz CT molecular complexity index is 509. The van der Waals surface area contributed by atoms with E-state index in [1.54, 1.807) is 0 Å². The zero-order valence-electron chi connectivity index (χ0n) is 16.4. The van der Waals surface area contributed by atoms with Gasteiger partial charge in [-0.1, -0.05) is 19.3 Å². The number of carbonyl (C=O) groups excluding carboxylic acids is 3. The molecule has 1 heterocycles. The van der Waals surface area contributed by atoms with Gasteiger partial charge in [0.15, 0.2) is 0 Å². The van der Waals surface area contributed by atoms with E-state index in [4.69, 9.17) is 0 Å². The van der Waals surface area contributed by atoms with Crippen LogP contribution in [-0.2, 0) is 9.59 Å². The van der Waals surface area contributed by atoms with Crippen LogP contribution in [0.2, 0.25) is 0 Å². The zero-order chi connectivity index (χ0) is 19.2. The molecule has 7 heteroatoms. The van der Waals surface area contributed by atoms with Crippen LogP contribution in [0.1, 0.15) is 65.7 Å². The number of urea groups is 1. The van der Waals surface area contributed by atoms with Crippen LogP contribution in [0.4, 0.5) is 4.79 Å². The first-order valence-corrected chi connectivity index (χ1v) is 9.87. The first-order valence-electron chi connectivity index (χ1n) is 9.87. The second-order valence-electron chi connectivity index (χ2n) is 8.67. The van der Waals surface area contributed by atoms with Crippen molar-refractivity contribution >= 4 is 17.8 Å². The Balaban J connectivity index is 1.75. The normalized spacial score (nSPS) is 22.5.